The highest BCUT2D eigenvalue weighted by molar-refractivity contribution is 5.96. The fraction of sp³-hybridized carbons (Fsp3) is 0.588. The van der Waals surface area contributed by atoms with Gasteiger partial charge in [0, 0.05) is 30.4 Å². The van der Waals surface area contributed by atoms with Crippen molar-refractivity contribution in [1.29, 1.82) is 0 Å². The maximum Gasteiger partial charge on any atom is 0.251 e. The Morgan fingerprint density at radius 1 is 1.33 bits per heavy atom. The highest BCUT2D eigenvalue weighted by Gasteiger charge is 2.31. The Morgan fingerprint density at radius 3 is 2.71 bits per heavy atom. The molecule has 0 aromatic heterocycles. The van der Waals surface area contributed by atoms with E-state index >= 15 is 0 Å². The minimum atomic E-state index is 0.0227. The lowest BCUT2D eigenvalue weighted by Crippen LogP contribution is -2.47. The van der Waals surface area contributed by atoms with Crippen molar-refractivity contribution in [2.75, 3.05) is 18.5 Å². The van der Waals surface area contributed by atoms with E-state index in [0.29, 0.717) is 6.10 Å². The zero-order valence-corrected chi connectivity index (χ0v) is 13.2. The first-order valence-corrected chi connectivity index (χ1v) is 7.91. The summed E-state index contributed by atoms with van der Waals surface area (Å²) >= 11 is 0. The normalized spacial score (nSPS) is 20.7. The van der Waals surface area contributed by atoms with Gasteiger partial charge >= 0.3 is 0 Å². The number of benzene rings is 1. The maximum atomic E-state index is 12.3. The van der Waals surface area contributed by atoms with Crippen LogP contribution in [0.4, 0.5) is 5.69 Å². The van der Waals surface area contributed by atoms with Crippen molar-refractivity contribution >= 4 is 11.6 Å². The molecule has 0 saturated heterocycles. The third-order valence-electron chi connectivity index (χ3n) is 3.88. The summed E-state index contributed by atoms with van der Waals surface area (Å²) in [5, 5.41) is 6.42. The molecule has 0 heterocycles. The van der Waals surface area contributed by atoms with E-state index in [0.717, 1.165) is 49.2 Å². The van der Waals surface area contributed by atoms with Crippen LogP contribution in [0.1, 0.15) is 49.0 Å². The summed E-state index contributed by atoms with van der Waals surface area (Å²) in [5.41, 5.74) is 2.84. The number of carbonyl (C=O) groups excluding carboxylic acids is 1. The Balaban J connectivity index is 1.88. The van der Waals surface area contributed by atoms with Crippen molar-refractivity contribution in [3.05, 3.63) is 29.3 Å². The van der Waals surface area contributed by atoms with E-state index in [4.69, 9.17) is 4.74 Å². The summed E-state index contributed by atoms with van der Waals surface area (Å²) in [5.74, 6) is 0.0227. The summed E-state index contributed by atoms with van der Waals surface area (Å²) in [6.07, 6.45) is 3.26. The number of anilines is 1. The van der Waals surface area contributed by atoms with Crippen LogP contribution in [0.25, 0.3) is 0 Å². The molecule has 1 amide bonds. The van der Waals surface area contributed by atoms with Crippen LogP contribution in [0.2, 0.25) is 0 Å². The SMILES string of the molecule is CCCNc1ccc(C(=O)NC2CC(OCC)C2)c(C)c1. The van der Waals surface area contributed by atoms with Crippen molar-refractivity contribution in [3.8, 4) is 0 Å². The monoisotopic (exact) mass is 290 g/mol. The second-order valence-electron chi connectivity index (χ2n) is 5.68. The van der Waals surface area contributed by atoms with Crippen LogP contribution < -0.4 is 10.6 Å². The third kappa shape index (κ3) is 4.21. The first-order valence-electron chi connectivity index (χ1n) is 7.91. The van der Waals surface area contributed by atoms with E-state index in [2.05, 4.69) is 17.6 Å². The van der Waals surface area contributed by atoms with E-state index in [-0.39, 0.29) is 11.9 Å². The molecule has 21 heavy (non-hydrogen) atoms. The van der Waals surface area contributed by atoms with Gasteiger partial charge in [0.15, 0.2) is 0 Å². The summed E-state index contributed by atoms with van der Waals surface area (Å²) in [6.45, 7) is 7.82. The largest absolute Gasteiger partial charge is 0.385 e. The molecule has 1 fully saturated rings. The van der Waals surface area contributed by atoms with Gasteiger partial charge in [0.2, 0.25) is 0 Å². The minimum absolute atomic E-state index is 0.0227. The van der Waals surface area contributed by atoms with Gasteiger partial charge in [-0.3, -0.25) is 4.79 Å². The van der Waals surface area contributed by atoms with E-state index in [1.807, 2.05) is 32.0 Å². The van der Waals surface area contributed by atoms with Crippen LogP contribution in [-0.2, 0) is 4.74 Å². The predicted molar refractivity (Wildman–Crippen MR) is 85.9 cm³/mol. The van der Waals surface area contributed by atoms with Crippen molar-refractivity contribution in [2.24, 2.45) is 0 Å². The number of ether oxygens (including phenoxy) is 1. The molecule has 0 radical (unpaired) electrons. The molecule has 0 bridgehead atoms. The Bertz CT molecular complexity index is 482. The van der Waals surface area contributed by atoms with Gasteiger partial charge in [-0.05, 0) is 56.9 Å². The molecule has 4 nitrogen and oxygen atoms in total. The van der Waals surface area contributed by atoms with Crippen molar-refractivity contribution in [2.45, 2.75) is 52.2 Å². The Morgan fingerprint density at radius 2 is 2.10 bits per heavy atom. The molecule has 4 heteroatoms. The van der Waals surface area contributed by atoms with Crippen molar-refractivity contribution in [1.82, 2.24) is 5.32 Å². The topological polar surface area (TPSA) is 50.4 Å². The number of hydrogen-bond acceptors (Lipinski definition) is 3. The van der Waals surface area contributed by atoms with E-state index in [1.165, 1.54) is 0 Å². The molecule has 1 aliphatic rings. The van der Waals surface area contributed by atoms with Gasteiger partial charge < -0.3 is 15.4 Å². The molecule has 1 aromatic carbocycles. The van der Waals surface area contributed by atoms with Crippen LogP contribution in [-0.4, -0.2) is 31.2 Å². The molecule has 0 atom stereocenters. The van der Waals surface area contributed by atoms with Crippen LogP contribution in [0, 0.1) is 6.92 Å². The smallest absolute Gasteiger partial charge is 0.251 e. The quantitative estimate of drug-likeness (QED) is 0.811. The molecule has 0 spiro atoms. The first-order chi connectivity index (χ1) is 10.1. The molecule has 2 N–H and O–H groups in total. The number of hydrogen-bond donors (Lipinski definition) is 2. The van der Waals surface area contributed by atoms with E-state index in [9.17, 15) is 4.79 Å². The first kappa shape index (κ1) is 15.8. The average molecular weight is 290 g/mol. The van der Waals surface area contributed by atoms with E-state index < -0.39 is 0 Å². The van der Waals surface area contributed by atoms with Gasteiger partial charge in [-0.25, -0.2) is 0 Å². The van der Waals surface area contributed by atoms with Gasteiger partial charge in [-0.2, -0.15) is 0 Å². The number of amides is 1. The Labute approximate surface area is 127 Å². The number of rotatable bonds is 7. The molecule has 1 saturated carbocycles. The van der Waals surface area contributed by atoms with Gasteiger partial charge in [-0.1, -0.05) is 6.92 Å². The zero-order chi connectivity index (χ0) is 15.2. The van der Waals surface area contributed by atoms with Gasteiger partial charge in [0.1, 0.15) is 0 Å². The predicted octanol–water partition coefficient (Wildman–Crippen LogP) is 3.11. The summed E-state index contributed by atoms with van der Waals surface area (Å²) in [4.78, 5) is 12.3. The fourth-order valence-electron chi connectivity index (χ4n) is 2.62. The lowest BCUT2D eigenvalue weighted by molar-refractivity contribution is -0.00862. The summed E-state index contributed by atoms with van der Waals surface area (Å²) in [6, 6.07) is 6.17. The standard InChI is InChI=1S/C17H26N2O2/c1-4-8-18-13-6-7-16(12(3)9-13)17(20)19-14-10-15(11-14)21-5-2/h6-7,9,14-15,18H,4-5,8,10-11H2,1-3H3,(H,19,20). The zero-order valence-electron chi connectivity index (χ0n) is 13.2. The average Bonchev–Trinajstić information content (AvgIpc) is 2.42. The molecular weight excluding hydrogens is 264 g/mol. The van der Waals surface area contributed by atoms with Gasteiger partial charge in [0.25, 0.3) is 5.91 Å². The van der Waals surface area contributed by atoms with Crippen molar-refractivity contribution in [3.63, 3.8) is 0 Å². The molecule has 1 aromatic rings. The number of carbonyl (C=O) groups is 1. The van der Waals surface area contributed by atoms with Crippen LogP contribution >= 0.6 is 0 Å². The van der Waals surface area contributed by atoms with Crippen LogP contribution in [0.15, 0.2) is 18.2 Å². The van der Waals surface area contributed by atoms with Gasteiger partial charge in [-0.15, -0.1) is 0 Å². The second kappa shape index (κ2) is 7.46. The Hall–Kier alpha value is -1.55. The number of nitrogens with one attached hydrogen (secondary N) is 2. The second-order valence-corrected chi connectivity index (χ2v) is 5.68. The lowest BCUT2D eigenvalue weighted by Gasteiger charge is -2.35. The molecule has 0 aliphatic heterocycles. The summed E-state index contributed by atoms with van der Waals surface area (Å²) in [7, 11) is 0. The number of aryl methyl sites for hydroxylation is 1. The minimum Gasteiger partial charge on any atom is -0.385 e. The van der Waals surface area contributed by atoms with Crippen LogP contribution in [0.5, 0.6) is 0 Å². The molecule has 1 aliphatic carbocycles. The summed E-state index contributed by atoms with van der Waals surface area (Å²) < 4.78 is 5.51. The Kier molecular flexibility index (Phi) is 5.62. The molecule has 0 unspecified atom stereocenters. The van der Waals surface area contributed by atoms with E-state index in [1.54, 1.807) is 0 Å². The van der Waals surface area contributed by atoms with Crippen LogP contribution in [0.3, 0.4) is 0 Å². The maximum absolute atomic E-state index is 12.3. The molecule has 2 rings (SSSR count). The lowest BCUT2D eigenvalue weighted by atomic mass is 9.89. The highest BCUT2D eigenvalue weighted by Crippen LogP contribution is 2.24. The fourth-order valence-corrected chi connectivity index (χ4v) is 2.62. The molecular formula is C17H26N2O2. The van der Waals surface area contributed by atoms with Gasteiger partial charge in [0.05, 0.1) is 6.10 Å². The third-order valence-corrected chi connectivity index (χ3v) is 3.88. The highest BCUT2D eigenvalue weighted by atomic mass is 16.5. The molecule has 116 valence electrons. The van der Waals surface area contributed by atoms with Crippen molar-refractivity contribution < 1.29 is 9.53 Å².